The zero-order valence-corrected chi connectivity index (χ0v) is 14.9. The molecule has 0 fully saturated rings. The van der Waals surface area contributed by atoms with Crippen LogP contribution >= 0.6 is 23.4 Å². The lowest BCUT2D eigenvalue weighted by atomic mass is 10.0. The van der Waals surface area contributed by atoms with Gasteiger partial charge in [0, 0.05) is 22.9 Å². The van der Waals surface area contributed by atoms with E-state index in [-0.39, 0.29) is 5.92 Å². The van der Waals surface area contributed by atoms with E-state index in [0.717, 1.165) is 44.9 Å². The van der Waals surface area contributed by atoms with Gasteiger partial charge in [-0.1, -0.05) is 18.5 Å². The highest BCUT2D eigenvalue weighted by Gasteiger charge is 2.14. The van der Waals surface area contributed by atoms with Crippen molar-refractivity contribution in [2.45, 2.75) is 24.2 Å². The van der Waals surface area contributed by atoms with Gasteiger partial charge in [-0.05, 0) is 24.5 Å². The molecule has 122 valence electrons. The van der Waals surface area contributed by atoms with Crippen LogP contribution in [0.15, 0.2) is 35.6 Å². The lowest BCUT2D eigenvalue weighted by molar-refractivity contribution is 0.707. The average molecular weight is 358 g/mol. The van der Waals surface area contributed by atoms with Gasteiger partial charge in [-0.15, -0.1) is 11.8 Å². The van der Waals surface area contributed by atoms with E-state index in [4.69, 9.17) is 11.6 Å². The van der Waals surface area contributed by atoms with E-state index in [9.17, 15) is 0 Å². The maximum atomic E-state index is 6.34. The summed E-state index contributed by atoms with van der Waals surface area (Å²) >= 11 is 8.01. The first-order valence-corrected chi connectivity index (χ1v) is 9.25. The number of halogens is 1. The number of rotatable bonds is 4. The first kappa shape index (κ1) is 15.5. The van der Waals surface area contributed by atoms with Crippen molar-refractivity contribution in [2.24, 2.45) is 0 Å². The number of nitrogens with one attached hydrogen (secondary N) is 2. The highest BCUT2D eigenvalue weighted by atomic mass is 35.5. The summed E-state index contributed by atoms with van der Waals surface area (Å²) in [6, 6.07) is 6.06. The van der Waals surface area contributed by atoms with Gasteiger partial charge in [-0.2, -0.15) is 0 Å². The number of H-pyrrole nitrogens is 2. The number of fused-ring (bicyclic) bond motifs is 2. The van der Waals surface area contributed by atoms with Crippen LogP contribution in [-0.2, 0) is 6.42 Å². The molecule has 0 aliphatic rings. The van der Waals surface area contributed by atoms with Crippen molar-refractivity contribution < 1.29 is 0 Å². The van der Waals surface area contributed by atoms with Crippen molar-refractivity contribution in [1.29, 1.82) is 0 Å². The molecule has 3 heterocycles. The predicted octanol–water partition coefficient (Wildman–Crippen LogP) is 4.56. The Morgan fingerprint density at radius 2 is 2.08 bits per heavy atom. The molecule has 0 aliphatic heterocycles. The minimum atomic E-state index is 0.227. The molecule has 2 N–H and O–H groups in total. The van der Waals surface area contributed by atoms with Crippen molar-refractivity contribution in [1.82, 2.24) is 24.9 Å². The summed E-state index contributed by atoms with van der Waals surface area (Å²) in [5.41, 5.74) is 4.69. The molecule has 7 heteroatoms. The minimum absolute atomic E-state index is 0.227. The summed E-state index contributed by atoms with van der Waals surface area (Å²) in [4.78, 5) is 21.1. The number of hydrogen-bond acceptors (Lipinski definition) is 4. The van der Waals surface area contributed by atoms with Gasteiger partial charge in [0.25, 0.3) is 0 Å². The quantitative estimate of drug-likeness (QED) is 0.525. The van der Waals surface area contributed by atoms with Crippen LogP contribution in [0.5, 0.6) is 0 Å². The minimum Gasteiger partial charge on any atom is -0.343 e. The molecule has 5 nitrogen and oxygen atoms in total. The molecule has 0 amide bonds. The second-order valence-electron chi connectivity index (χ2n) is 5.82. The summed E-state index contributed by atoms with van der Waals surface area (Å²) in [5.74, 6) is 1.15. The Morgan fingerprint density at radius 3 is 2.92 bits per heavy atom. The third-order valence-electron chi connectivity index (χ3n) is 4.13. The Hall–Kier alpha value is -2.05. The SMILES string of the molecule is CSc1cc(Cl)c2nc(CC(C)c3cc4nc[nH]c4cn3)[nH]c2c1. The first-order chi connectivity index (χ1) is 11.6. The fourth-order valence-corrected chi connectivity index (χ4v) is 3.63. The summed E-state index contributed by atoms with van der Waals surface area (Å²) in [5, 5.41) is 0.683. The lowest BCUT2D eigenvalue weighted by Crippen LogP contribution is -2.02. The Morgan fingerprint density at radius 1 is 1.21 bits per heavy atom. The summed E-state index contributed by atoms with van der Waals surface area (Å²) in [6.07, 6.45) is 6.32. The molecule has 0 saturated heterocycles. The van der Waals surface area contributed by atoms with E-state index >= 15 is 0 Å². The molecule has 1 aromatic carbocycles. The number of hydrogen-bond donors (Lipinski definition) is 2. The molecular formula is C17H16ClN5S. The van der Waals surface area contributed by atoms with Crippen molar-refractivity contribution in [2.75, 3.05) is 6.26 Å². The maximum Gasteiger partial charge on any atom is 0.107 e. The van der Waals surface area contributed by atoms with Crippen LogP contribution in [0.3, 0.4) is 0 Å². The normalized spacial score (nSPS) is 13.0. The molecule has 0 aliphatic carbocycles. The van der Waals surface area contributed by atoms with Crippen LogP contribution in [0.1, 0.15) is 24.4 Å². The maximum absolute atomic E-state index is 6.34. The van der Waals surface area contributed by atoms with Gasteiger partial charge in [0.15, 0.2) is 0 Å². The predicted molar refractivity (Wildman–Crippen MR) is 98.9 cm³/mol. The number of aromatic amines is 2. The van der Waals surface area contributed by atoms with Crippen molar-refractivity contribution in [3.05, 3.63) is 47.3 Å². The van der Waals surface area contributed by atoms with Gasteiger partial charge in [-0.3, -0.25) is 4.98 Å². The van der Waals surface area contributed by atoms with Gasteiger partial charge in [0.05, 0.1) is 34.1 Å². The van der Waals surface area contributed by atoms with Crippen LogP contribution in [0.4, 0.5) is 0 Å². The van der Waals surface area contributed by atoms with Crippen LogP contribution in [0.25, 0.3) is 22.1 Å². The van der Waals surface area contributed by atoms with E-state index < -0.39 is 0 Å². The summed E-state index contributed by atoms with van der Waals surface area (Å²) in [7, 11) is 0. The number of benzene rings is 1. The fraction of sp³-hybridized carbons (Fsp3) is 0.235. The zero-order valence-electron chi connectivity index (χ0n) is 13.3. The Balaban J connectivity index is 1.64. The molecule has 0 saturated carbocycles. The van der Waals surface area contributed by atoms with Crippen LogP contribution in [0, 0.1) is 0 Å². The molecule has 0 spiro atoms. The largest absolute Gasteiger partial charge is 0.343 e. The monoisotopic (exact) mass is 357 g/mol. The van der Waals surface area contributed by atoms with Crippen molar-refractivity contribution >= 4 is 45.4 Å². The molecule has 0 radical (unpaired) electrons. The van der Waals surface area contributed by atoms with E-state index in [1.807, 2.05) is 24.6 Å². The van der Waals surface area contributed by atoms with Gasteiger partial charge in [-0.25, -0.2) is 9.97 Å². The van der Waals surface area contributed by atoms with E-state index in [0.29, 0.717) is 5.02 Å². The Bertz CT molecular complexity index is 1020. The van der Waals surface area contributed by atoms with Crippen LogP contribution < -0.4 is 0 Å². The molecule has 1 atom stereocenters. The average Bonchev–Trinajstić information content (AvgIpc) is 3.20. The molecule has 4 rings (SSSR count). The van der Waals surface area contributed by atoms with Gasteiger partial charge in [0.1, 0.15) is 11.3 Å². The molecule has 1 unspecified atom stereocenters. The van der Waals surface area contributed by atoms with E-state index in [1.165, 1.54) is 0 Å². The second-order valence-corrected chi connectivity index (χ2v) is 7.11. The number of imidazole rings is 2. The third kappa shape index (κ3) is 2.76. The van der Waals surface area contributed by atoms with E-state index in [2.05, 4.69) is 37.9 Å². The van der Waals surface area contributed by atoms with Gasteiger partial charge < -0.3 is 9.97 Å². The van der Waals surface area contributed by atoms with Crippen LogP contribution in [0.2, 0.25) is 5.02 Å². The van der Waals surface area contributed by atoms with Crippen LogP contribution in [-0.4, -0.2) is 31.2 Å². The Kier molecular flexibility index (Phi) is 3.94. The smallest absolute Gasteiger partial charge is 0.107 e. The highest BCUT2D eigenvalue weighted by molar-refractivity contribution is 7.98. The number of thioether (sulfide) groups is 1. The number of nitrogens with zero attached hydrogens (tertiary/aromatic N) is 3. The third-order valence-corrected chi connectivity index (χ3v) is 5.12. The van der Waals surface area contributed by atoms with Gasteiger partial charge >= 0.3 is 0 Å². The summed E-state index contributed by atoms with van der Waals surface area (Å²) < 4.78 is 0. The fourth-order valence-electron chi connectivity index (χ4n) is 2.83. The summed E-state index contributed by atoms with van der Waals surface area (Å²) in [6.45, 7) is 2.14. The Labute approximate surface area is 148 Å². The molecule has 4 aromatic rings. The lowest BCUT2D eigenvalue weighted by Gasteiger charge is -2.08. The highest BCUT2D eigenvalue weighted by Crippen LogP contribution is 2.29. The standard InChI is InChI=1S/C17H16ClN5S/c1-9(12-6-13-15(7-19-12)21-8-20-13)3-16-22-14-5-10(24-2)4-11(18)17(14)23-16/h4-9H,3H2,1-2H3,(H,20,21)(H,22,23). The van der Waals surface area contributed by atoms with Crippen molar-refractivity contribution in [3.8, 4) is 0 Å². The molecule has 0 bridgehead atoms. The first-order valence-electron chi connectivity index (χ1n) is 7.65. The van der Waals surface area contributed by atoms with E-state index in [1.54, 1.807) is 18.1 Å². The molecule has 24 heavy (non-hydrogen) atoms. The van der Waals surface area contributed by atoms with Gasteiger partial charge in [0.2, 0.25) is 0 Å². The molecular weight excluding hydrogens is 342 g/mol. The second kappa shape index (κ2) is 6.11. The number of pyridine rings is 1. The number of aromatic nitrogens is 5. The molecule has 3 aromatic heterocycles. The zero-order chi connectivity index (χ0) is 16.7. The topological polar surface area (TPSA) is 70.2 Å². The van der Waals surface area contributed by atoms with Crippen molar-refractivity contribution in [3.63, 3.8) is 0 Å².